The highest BCUT2D eigenvalue weighted by atomic mass is 16.5. The van der Waals surface area contributed by atoms with Crippen LogP contribution >= 0.6 is 0 Å². The van der Waals surface area contributed by atoms with Crippen molar-refractivity contribution in [2.75, 3.05) is 24.3 Å². The molecule has 1 aliphatic rings. The van der Waals surface area contributed by atoms with Gasteiger partial charge in [0.1, 0.15) is 11.6 Å². The van der Waals surface area contributed by atoms with Crippen LogP contribution in [-0.2, 0) is 6.54 Å². The molecule has 0 atom stereocenters. The van der Waals surface area contributed by atoms with E-state index in [-0.39, 0.29) is 0 Å². The fourth-order valence-electron chi connectivity index (χ4n) is 4.54. The van der Waals surface area contributed by atoms with Gasteiger partial charge in [0, 0.05) is 50.4 Å². The van der Waals surface area contributed by atoms with E-state index < -0.39 is 0 Å². The Balaban J connectivity index is 1.11. The van der Waals surface area contributed by atoms with Crippen LogP contribution in [0.4, 0.5) is 11.8 Å². The number of para-hydroxylation sites is 2. The molecule has 0 amide bonds. The third kappa shape index (κ3) is 5.87. The van der Waals surface area contributed by atoms with E-state index in [1.807, 2.05) is 79.8 Å². The van der Waals surface area contributed by atoms with Crippen molar-refractivity contribution in [1.29, 1.82) is 0 Å². The summed E-state index contributed by atoms with van der Waals surface area (Å²) in [6.07, 6.45) is 6.31. The molecule has 0 aliphatic heterocycles. The molecule has 0 saturated heterocycles. The highest BCUT2D eigenvalue weighted by Gasteiger charge is 2.22. The van der Waals surface area contributed by atoms with Gasteiger partial charge in [-0.15, -0.1) is 0 Å². The molecule has 2 aromatic heterocycles. The first-order chi connectivity index (χ1) is 17.1. The van der Waals surface area contributed by atoms with E-state index >= 15 is 0 Å². The van der Waals surface area contributed by atoms with Gasteiger partial charge in [0.25, 0.3) is 0 Å². The van der Waals surface area contributed by atoms with Crippen LogP contribution in [0.3, 0.4) is 0 Å². The minimum atomic E-state index is 0.389. The molecule has 5 rings (SSSR count). The fraction of sp³-hybridized carbons (Fsp3) is 0.321. The molecule has 7 heteroatoms. The van der Waals surface area contributed by atoms with E-state index in [2.05, 4.69) is 27.8 Å². The SMILES string of the molecule is CN(C)c1nc(N[C@H]2CC[C@@H](NCc3ccc(Oc4ccccc4)nc3)CC2)nc2ccccc12. The Bertz CT molecular complexity index is 1240. The van der Waals surface area contributed by atoms with E-state index in [4.69, 9.17) is 14.7 Å². The van der Waals surface area contributed by atoms with Crippen molar-refractivity contribution in [2.45, 2.75) is 44.3 Å². The third-order valence-electron chi connectivity index (χ3n) is 6.43. The normalized spacial score (nSPS) is 17.8. The Hall–Kier alpha value is -3.71. The number of anilines is 2. The molecule has 1 fully saturated rings. The van der Waals surface area contributed by atoms with Gasteiger partial charge in [0.15, 0.2) is 0 Å². The van der Waals surface area contributed by atoms with Gasteiger partial charge in [0.05, 0.1) is 5.52 Å². The van der Waals surface area contributed by atoms with Crippen LogP contribution in [-0.4, -0.2) is 41.1 Å². The Kier molecular flexibility index (Phi) is 7.04. The molecule has 0 bridgehead atoms. The van der Waals surface area contributed by atoms with Gasteiger partial charge in [-0.3, -0.25) is 0 Å². The molecule has 7 nitrogen and oxygen atoms in total. The summed E-state index contributed by atoms with van der Waals surface area (Å²) in [7, 11) is 4.05. The number of benzene rings is 2. The van der Waals surface area contributed by atoms with Crippen LogP contribution in [0.25, 0.3) is 10.9 Å². The quantitative estimate of drug-likeness (QED) is 0.359. The highest BCUT2D eigenvalue weighted by Crippen LogP contribution is 2.26. The van der Waals surface area contributed by atoms with Gasteiger partial charge in [0.2, 0.25) is 11.8 Å². The van der Waals surface area contributed by atoms with Crippen LogP contribution in [0.2, 0.25) is 0 Å². The number of hydrogen-bond acceptors (Lipinski definition) is 7. The van der Waals surface area contributed by atoms with E-state index in [1.54, 1.807) is 0 Å². The van der Waals surface area contributed by atoms with Crippen LogP contribution in [0.5, 0.6) is 11.6 Å². The van der Waals surface area contributed by atoms with Gasteiger partial charge in [-0.05, 0) is 55.5 Å². The van der Waals surface area contributed by atoms with E-state index in [0.29, 0.717) is 23.9 Å². The molecular formula is C28H32N6O. The molecule has 2 N–H and O–H groups in total. The molecule has 35 heavy (non-hydrogen) atoms. The zero-order valence-electron chi connectivity index (χ0n) is 20.3. The Labute approximate surface area is 206 Å². The van der Waals surface area contributed by atoms with Gasteiger partial charge >= 0.3 is 0 Å². The lowest BCUT2D eigenvalue weighted by atomic mass is 9.91. The van der Waals surface area contributed by atoms with Crippen LogP contribution < -0.4 is 20.3 Å². The van der Waals surface area contributed by atoms with Crippen LogP contribution in [0.15, 0.2) is 72.9 Å². The van der Waals surface area contributed by atoms with Crippen molar-refractivity contribution < 1.29 is 4.74 Å². The first kappa shape index (κ1) is 23.1. The smallest absolute Gasteiger partial charge is 0.225 e. The monoisotopic (exact) mass is 468 g/mol. The Morgan fingerprint density at radius 3 is 2.34 bits per heavy atom. The lowest BCUT2D eigenvalue weighted by Crippen LogP contribution is -2.37. The minimum absolute atomic E-state index is 0.389. The van der Waals surface area contributed by atoms with Gasteiger partial charge in [-0.2, -0.15) is 4.98 Å². The number of ether oxygens (including phenoxy) is 1. The molecule has 1 saturated carbocycles. The number of rotatable bonds is 8. The van der Waals surface area contributed by atoms with Crippen molar-refractivity contribution in [3.63, 3.8) is 0 Å². The van der Waals surface area contributed by atoms with E-state index in [9.17, 15) is 0 Å². The maximum absolute atomic E-state index is 5.78. The summed E-state index contributed by atoms with van der Waals surface area (Å²) in [4.78, 5) is 16.0. The van der Waals surface area contributed by atoms with Crippen molar-refractivity contribution in [2.24, 2.45) is 0 Å². The first-order valence-electron chi connectivity index (χ1n) is 12.3. The number of hydrogen-bond donors (Lipinski definition) is 2. The molecule has 2 aromatic carbocycles. The molecular weight excluding hydrogens is 436 g/mol. The molecule has 0 radical (unpaired) electrons. The predicted octanol–water partition coefficient (Wildman–Crippen LogP) is 5.40. The first-order valence-corrected chi connectivity index (χ1v) is 12.3. The average molecular weight is 469 g/mol. The standard InChI is InChI=1S/C28H32N6O/c1-34(2)27-24-10-6-7-11-25(24)32-28(33-27)31-22-15-13-21(14-16-22)29-18-20-12-17-26(30-19-20)35-23-8-4-3-5-9-23/h3-12,17,19,21-22,29H,13-16,18H2,1-2H3,(H,31,32,33)/t21-,22+. The number of nitrogens with one attached hydrogen (secondary N) is 2. The minimum Gasteiger partial charge on any atom is -0.439 e. The molecule has 2 heterocycles. The Morgan fingerprint density at radius 1 is 0.857 bits per heavy atom. The van der Waals surface area contributed by atoms with E-state index in [0.717, 1.165) is 60.3 Å². The van der Waals surface area contributed by atoms with Crippen LogP contribution in [0, 0.1) is 0 Å². The van der Waals surface area contributed by atoms with Crippen molar-refractivity contribution in [1.82, 2.24) is 20.3 Å². The number of nitrogens with zero attached hydrogens (tertiary/aromatic N) is 4. The highest BCUT2D eigenvalue weighted by molar-refractivity contribution is 5.90. The lowest BCUT2D eigenvalue weighted by molar-refractivity contribution is 0.352. The summed E-state index contributed by atoms with van der Waals surface area (Å²) < 4.78 is 5.78. The summed E-state index contributed by atoms with van der Waals surface area (Å²) in [5.74, 6) is 3.07. The van der Waals surface area contributed by atoms with Crippen LogP contribution in [0.1, 0.15) is 31.2 Å². The second-order valence-electron chi connectivity index (χ2n) is 9.28. The number of pyridine rings is 1. The van der Waals surface area contributed by atoms with Gasteiger partial charge in [-0.25, -0.2) is 9.97 Å². The summed E-state index contributed by atoms with van der Waals surface area (Å²) in [5.41, 5.74) is 2.13. The molecule has 1 aliphatic carbocycles. The van der Waals surface area contributed by atoms with Crippen molar-refractivity contribution in [3.8, 4) is 11.6 Å². The Morgan fingerprint density at radius 2 is 1.60 bits per heavy atom. The topological polar surface area (TPSA) is 75.2 Å². The van der Waals surface area contributed by atoms with Gasteiger partial charge in [-0.1, -0.05) is 36.4 Å². The van der Waals surface area contributed by atoms with E-state index in [1.165, 1.54) is 0 Å². The molecule has 0 unspecified atom stereocenters. The zero-order chi connectivity index (χ0) is 24.0. The average Bonchev–Trinajstić information content (AvgIpc) is 2.89. The largest absolute Gasteiger partial charge is 0.439 e. The summed E-state index contributed by atoms with van der Waals surface area (Å²) in [6, 6.07) is 22.8. The second-order valence-corrected chi connectivity index (χ2v) is 9.28. The lowest BCUT2D eigenvalue weighted by Gasteiger charge is -2.30. The third-order valence-corrected chi connectivity index (χ3v) is 6.43. The maximum Gasteiger partial charge on any atom is 0.225 e. The molecule has 0 spiro atoms. The summed E-state index contributed by atoms with van der Waals surface area (Å²) in [5, 5.41) is 8.36. The zero-order valence-corrected chi connectivity index (χ0v) is 20.3. The maximum atomic E-state index is 5.78. The molecule has 180 valence electrons. The second kappa shape index (κ2) is 10.7. The molecule has 4 aromatic rings. The van der Waals surface area contributed by atoms with Gasteiger partial charge < -0.3 is 20.3 Å². The van der Waals surface area contributed by atoms with Crippen molar-refractivity contribution >= 4 is 22.7 Å². The summed E-state index contributed by atoms with van der Waals surface area (Å²) >= 11 is 0. The predicted molar refractivity (Wildman–Crippen MR) is 141 cm³/mol. The van der Waals surface area contributed by atoms with Crippen molar-refractivity contribution in [3.05, 3.63) is 78.5 Å². The number of aromatic nitrogens is 3. The fourth-order valence-corrected chi connectivity index (χ4v) is 4.54. The number of fused-ring (bicyclic) bond motifs is 1. The summed E-state index contributed by atoms with van der Waals surface area (Å²) in [6.45, 7) is 0.807.